The fourth-order valence-corrected chi connectivity index (χ4v) is 3.45. The fraction of sp³-hybridized carbons (Fsp3) is 0.417. The van der Waals surface area contributed by atoms with Crippen LogP contribution in [0.1, 0.15) is 32.9 Å². The first kappa shape index (κ1) is 14.0. The van der Waals surface area contributed by atoms with Crippen LogP contribution in [-0.4, -0.2) is 28.1 Å². The number of carboxylic acid groups (broad SMARTS) is 1. The maximum atomic E-state index is 11.1. The van der Waals surface area contributed by atoms with E-state index >= 15 is 0 Å². The van der Waals surface area contributed by atoms with Gasteiger partial charge in [0.15, 0.2) is 5.13 Å². The van der Waals surface area contributed by atoms with Crippen molar-refractivity contribution in [3.05, 3.63) is 26.7 Å². The first-order valence-corrected chi connectivity index (χ1v) is 7.55. The van der Waals surface area contributed by atoms with Crippen molar-refractivity contribution in [2.24, 2.45) is 0 Å². The molecule has 0 radical (unpaired) electrons. The van der Waals surface area contributed by atoms with E-state index in [2.05, 4.69) is 9.97 Å². The van der Waals surface area contributed by atoms with Gasteiger partial charge in [-0.25, -0.2) is 14.8 Å². The van der Waals surface area contributed by atoms with E-state index < -0.39 is 5.97 Å². The zero-order valence-corrected chi connectivity index (χ0v) is 12.6. The first-order chi connectivity index (χ1) is 9.02. The third-order valence-electron chi connectivity index (χ3n) is 2.77. The molecule has 2 rings (SSSR count). The van der Waals surface area contributed by atoms with Crippen LogP contribution in [0.4, 0.5) is 5.13 Å². The van der Waals surface area contributed by atoms with Crippen LogP contribution in [0.2, 0.25) is 0 Å². The van der Waals surface area contributed by atoms with E-state index in [0.717, 1.165) is 10.8 Å². The molecule has 0 saturated heterocycles. The molecule has 2 aromatic heterocycles. The van der Waals surface area contributed by atoms with E-state index in [4.69, 9.17) is 5.11 Å². The van der Waals surface area contributed by atoms with Crippen LogP contribution in [0, 0.1) is 6.92 Å². The summed E-state index contributed by atoms with van der Waals surface area (Å²) in [5, 5.41) is 9.87. The molecule has 0 fully saturated rings. The molecular weight excluding hydrogens is 282 g/mol. The highest BCUT2D eigenvalue weighted by atomic mass is 32.1. The summed E-state index contributed by atoms with van der Waals surface area (Å²) in [6.45, 7) is 4.59. The lowest BCUT2D eigenvalue weighted by molar-refractivity contribution is 0.0701. The van der Waals surface area contributed by atoms with Gasteiger partial charge in [-0.3, -0.25) is 0 Å². The molecule has 102 valence electrons. The molecule has 0 amide bonds. The molecule has 0 aliphatic heterocycles. The molecule has 0 bridgehead atoms. The maximum Gasteiger partial charge on any atom is 0.347 e. The largest absolute Gasteiger partial charge is 0.477 e. The van der Waals surface area contributed by atoms with Gasteiger partial charge in [-0.05, 0) is 13.3 Å². The third kappa shape index (κ3) is 2.93. The molecule has 1 N–H and O–H groups in total. The Labute approximate surface area is 119 Å². The molecule has 0 unspecified atom stereocenters. The summed E-state index contributed by atoms with van der Waals surface area (Å²) >= 11 is 2.83. The number of carboxylic acids is 1. The highest BCUT2D eigenvalue weighted by Crippen LogP contribution is 2.28. The molecule has 7 heteroatoms. The number of thiazole rings is 2. The van der Waals surface area contributed by atoms with Crippen LogP contribution >= 0.6 is 22.7 Å². The minimum Gasteiger partial charge on any atom is -0.477 e. The van der Waals surface area contributed by atoms with E-state index in [1.165, 1.54) is 16.2 Å². The molecular formula is C12H15N3O2S2. The zero-order valence-electron chi connectivity index (χ0n) is 11.0. The van der Waals surface area contributed by atoms with Gasteiger partial charge in [0.1, 0.15) is 4.88 Å². The van der Waals surface area contributed by atoms with Crippen molar-refractivity contribution in [1.29, 1.82) is 0 Å². The molecule has 2 heterocycles. The molecule has 0 saturated carbocycles. The van der Waals surface area contributed by atoms with Crippen LogP contribution in [-0.2, 0) is 13.0 Å². The second-order valence-corrected chi connectivity index (χ2v) is 6.06. The topological polar surface area (TPSA) is 66.3 Å². The molecule has 0 atom stereocenters. The van der Waals surface area contributed by atoms with Crippen molar-refractivity contribution in [1.82, 2.24) is 9.97 Å². The van der Waals surface area contributed by atoms with Gasteiger partial charge in [0, 0.05) is 11.9 Å². The highest BCUT2D eigenvalue weighted by Gasteiger charge is 2.18. The Morgan fingerprint density at radius 3 is 2.74 bits per heavy atom. The number of aryl methyl sites for hydroxylation is 2. The predicted octanol–water partition coefficient (Wildman–Crippen LogP) is 2.81. The van der Waals surface area contributed by atoms with Crippen molar-refractivity contribution < 1.29 is 9.90 Å². The Bertz CT molecular complexity index is 592. The molecule has 19 heavy (non-hydrogen) atoms. The number of nitrogens with zero attached hydrogens (tertiary/aromatic N) is 3. The van der Waals surface area contributed by atoms with Crippen LogP contribution < -0.4 is 4.90 Å². The van der Waals surface area contributed by atoms with Crippen molar-refractivity contribution in [2.75, 3.05) is 11.9 Å². The van der Waals surface area contributed by atoms with E-state index in [1.807, 2.05) is 31.3 Å². The molecule has 2 aromatic rings. The summed E-state index contributed by atoms with van der Waals surface area (Å²) in [5.74, 6) is -0.900. The number of hydrogen-bond donors (Lipinski definition) is 1. The quantitative estimate of drug-likeness (QED) is 0.919. The molecule has 0 aromatic carbocycles. The average Bonchev–Trinajstić information content (AvgIpc) is 2.96. The van der Waals surface area contributed by atoms with E-state index in [-0.39, 0.29) is 0 Å². The number of rotatable bonds is 5. The maximum absolute atomic E-state index is 11.1. The highest BCUT2D eigenvalue weighted by molar-refractivity contribution is 7.17. The summed E-state index contributed by atoms with van der Waals surface area (Å²) in [7, 11) is 1.92. The average molecular weight is 297 g/mol. The van der Waals surface area contributed by atoms with Gasteiger partial charge in [0.25, 0.3) is 0 Å². The SMILES string of the molecule is CCc1nc(N(C)Cc2scnc2C)sc1C(=O)O. The van der Waals surface area contributed by atoms with Crippen LogP contribution in [0.25, 0.3) is 0 Å². The van der Waals surface area contributed by atoms with Gasteiger partial charge in [0.05, 0.1) is 23.4 Å². The summed E-state index contributed by atoms with van der Waals surface area (Å²) in [4.78, 5) is 23.2. The molecule has 0 aliphatic carbocycles. The summed E-state index contributed by atoms with van der Waals surface area (Å²) < 4.78 is 0. The summed E-state index contributed by atoms with van der Waals surface area (Å²) in [6.07, 6.45) is 0.631. The predicted molar refractivity (Wildman–Crippen MR) is 77.4 cm³/mol. The minimum atomic E-state index is -0.900. The number of aromatic carboxylic acids is 1. The Kier molecular flexibility index (Phi) is 4.16. The van der Waals surface area contributed by atoms with E-state index in [9.17, 15) is 4.79 Å². The van der Waals surface area contributed by atoms with Crippen LogP contribution in [0.5, 0.6) is 0 Å². The monoisotopic (exact) mass is 297 g/mol. The van der Waals surface area contributed by atoms with Gasteiger partial charge in [-0.1, -0.05) is 18.3 Å². The molecule has 0 spiro atoms. The number of aromatic nitrogens is 2. The van der Waals surface area contributed by atoms with E-state index in [1.54, 1.807) is 11.3 Å². The van der Waals surface area contributed by atoms with Gasteiger partial charge < -0.3 is 10.0 Å². The first-order valence-electron chi connectivity index (χ1n) is 5.86. The van der Waals surface area contributed by atoms with Crippen LogP contribution in [0.15, 0.2) is 5.51 Å². The molecule has 5 nitrogen and oxygen atoms in total. The third-order valence-corrected chi connectivity index (χ3v) is 4.89. The Morgan fingerprint density at radius 1 is 1.53 bits per heavy atom. The summed E-state index contributed by atoms with van der Waals surface area (Å²) in [5.41, 5.74) is 3.49. The lowest BCUT2D eigenvalue weighted by atomic mass is 10.3. The Hall–Kier alpha value is -1.47. The molecule has 0 aliphatic rings. The van der Waals surface area contributed by atoms with Crippen molar-refractivity contribution >= 4 is 33.8 Å². The lowest BCUT2D eigenvalue weighted by Gasteiger charge is -2.14. The second-order valence-electron chi connectivity index (χ2n) is 4.15. The van der Waals surface area contributed by atoms with Crippen LogP contribution in [0.3, 0.4) is 0 Å². The van der Waals surface area contributed by atoms with E-state index in [0.29, 0.717) is 23.5 Å². The zero-order chi connectivity index (χ0) is 14.0. The Morgan fingerprint density at radius 2 is 2.26 bits per heavy atom. The normalized spacial score (nSPS) is 10.7. The smallest absolute Gasteiger partial charge is 0.347 e. The van der Waals surface area contributed by atoms with Gasteiger partial charge >= 0.3 is 5.97 Å². The fourth-order valence-electron chi connectivity index (χ4n) is 1.67. The lowest BCUT2D eigenvalue weighted by Crippen LogP contribution is -2.15. The van der Waals surface area contributed by atoms with Crippen molar-refractivity contribution in [3.63, 3.8) is 0 Å². The number of hydrogen-bond acceptors (Lipinski definition) is 6. The van der Waals surface area contributed by atoms with Gasteiger partial charge in [-0.2, -0.15) is 0 Å². The van der Waals surface area contributed by atoms with Crippen molar-refractivity contribution in [3.8, 4) is 0 Å². The standard InChI is InChI=1S/C12H15N3O2S2/c1-4-8-10(11(16)17)19-12(14-8)15(3)5-9-7(2)13-6-18-9/h6H,4-5H2,1-3H3,(H,16,17). The Balaban J connectivity index is 2.22. The number of carbonyl (C=O) groups is 1. The number of anilines is 1. The van der Waals surface area contributed by atoms with Crippen molar-refractivity contribution in [2.45, 2.75) is 26.8 Å². The minimum absolute atomic E-state index is 0.338. The summed E-state index contributed by atoms with van der Waals surface area (Å²) in [6, 6.07) is 0. The van der Waals surface area contributed by atoms with Gasteiger partial charge in [-0.15, -0.1) is 11.3 Å². The van der Waals surface area contributed by atoms with Gasteiger partial charge in [0.2, 0.25) is 0 Å². The second kappa shape index (κ2) is 5.66.